The van der Waals surface area contributed by atoms with E-state index in [1.165, 1.54) is 11.1 Å². The van der Waals surface area contributed by atoms with Crippen LogP contribution in [0.15, 0.2) is 53.5 Å². The number of amides is 2. The van der Waals surface area contributed by atoms with Crippen LogP contribution >= 0.6 is 0 Å². The van der Waals surface area contributed by atoms with Crippen LogP contribution in [-0.4, -0.2) is 36.8 Å². The molecule has 7 heteroatoms. The van der Waals surface area contributed by atoms with Gasteiger partial charge in [0.25, 0.3) is 0 Å². The Kier molecular flexibility index (Phi) is 6.84. The first-order valence-electron chi connectivity index (χ1n) is 10.1. The van der Waals surface area contributed by atoms with Crippen molar-refractivity contribution in [1.29, 1.82) is 0 Å². The molecule has 7 nitrogen and oxygen atoms in total. The summed E-state index contributed by atoms with van der Waals surface area (Å²) in [6.45, 7) is 2.01. The summed E-state index contributed by atoms with van der Waals surface area (Å²) in [4.78, 5) is 28.9. The Bertz CT molecular complexity index is 914. The summed E-state index contributed by atoms with van der Waals surface area (Å²) < 4.78 is 0. The zero-order valence-corrected chi connectivity index (χ0v) is 17.4. The van der Waals surface area contributed by atoms with Crippen molar-refractivity contribution in [3.63, 3.8) is 0 Å². The minimum Gasteiger partial charge on any atom is -0.384 e. The molecule has 0 radical (unpaired) electrons. The zero-order valence-electron chi connectivity index (χ0n) is 17.4. The van der Waals surface area contributed by atoms with Gasteiger partial charge in [0, 0.05) is 19.2 Å². The summed E-state index contributed by atoms with van der Waals surface area (Å²) in [5.41, 5.74) is 16.2. The van der Waals surface area contributed by atoms with Gasteiger partial charge in [-0.3, -0.25) is 14.6 Å². The molecule has 0 heterocycles. The Morgan fingerprint density at radius 2 is 1.67 bits per heavy atom. The third kappa shape index (κ3) is 5.04. The van der Waals surface area contributed by atoms with Crippen LogP contribution in [0.5, 0.6) is 0 Å². The van der Waals surface area contributed by atoms with Crippen LogP contribution in [-0.2, 0) is 29.0 Å². The standard InChI is InChI=1S/C23H29N5O2/c1-14(22(29)27-13-15-7-9-16(10-8-15)21(25)26-2)28-23(30)20(24)19-11-17-5-3-4-6-18(17)12-19/h3-10,14,19-20H,11-13,24H2,1-2H3,(H2,25,26)(H,27,29)(H,28,30)/t14-,20+/m0/s1. The first-order chi connectivity index (χ1) is 14.4. The molecule has 0 fully saturated rings. The molecule has 6 N–H and O–H groups in total. The molecule has 2 amide bonds. The van der Waals surface area contributed by atoms with Crippen molar-refractivity contribution in [1.82, 2.24) is 10.6 Å². The van der Waals surface area contributed by atoms with E-state index in [9.17, 15) is 9.59 Å². The van der Waals surface area contributed by atoms with Crippen LogP contribution in [0.1, 0.15) is 29.2 Å². The third-order valence-electron chi connectivity index (χ3n) is 5.60. The van der Waals surface area contributed by atoms with Gasteiger partial charge in [0.15, 0.2) is 0 Å². The Morgan fingerprint density at radius 3 is 2.23 bits per heavy atom. The smallest absolute Gasteiger partial charge is 0.242 e. The fourth-order valence-electron chi connectivity index (χ4n) is 3.70. The SMILES string of the molecule is CN=C(N)c1ccc(CNC(=O)[C@H](C)NC(=O)[C@H](N)C2Cc3ccccc3C2)cc1. The van der Waals surface area contributed by atoms with Gasteiger partial charge in [-0.2, -0.15) is 0 Å². The topological polar surface area (TPSA) is 123 Å². The molecule has 2 aromatic rings. The second-order valence-electron chi connectivity index (χ2n) is 7.72. The summed E-state index contributed by atoms with van der Waals surface area (Å²) in [5.74, 6) is -0.0444. The van der Waals surface area contributed by atoms with Gasteiger partial charge in [-0.15, -0.1) is 0 Å². The van der Waals surface area contributed by atoms with Crippen LogP contribution < -0.4 is 22.1 Å². The molecule has 1 aliphatic rings. The van der Waals surface area contributed by atoms with Gasteiger partial charge in [0.2, 0.25) is 11.8 Å². The van der Waals surface area contributed by atoms with Gasteiger partial charge < -0.3 is 22.1 Å². The quantitative estimate of drug-likeness (QED) is 0.402. The summed E-state index contributed by atoms with van der Waals surface area (Å²) in [6.07, 6.45) is 1.57. The van der Waals surface area contributed by atoms with E-state index in [2.05, 4.69) is 27.8 Å². The number of aliphatic imine (C=N–C) groups is 1. The lowest BCUT2D eigenvalue weighted by Gasteiger charge is -2.21. The van der Waals surface area contributed by atoms with Crippen molar-refractivity contribution in [2.45, 2.75) is 38.4 Å². The molecule has 3 rings (SSSR count). The Hall–Kier alpha value is -3.19. The van der Waals surface area contributed by atoms with E-state index in [1.54, 1.807) is 14.0 Å². The zero-order chi connectivity index (χ0) is 21.7. The highest BCUT2D eigenvalue weighted by Crippen LogP contribution is 2.28. The normalized spacial score (nSPS) is 15.9. The van der Waals surface area contributed by atoms with Crippen molar-refractivity contribution in [2.24, 2.45) is 22.4 Å². The highest BCUT2D eigenvalue weighted by Gasteiger charge is 2.31. The van der Waals surface area contributed by atoms with E-state index in [4.69, 9.17) is 11.5 Å². The molecular weight excluding hydrogens is 378 g/mol. The molecule has 158 valence electrons. The number of nitrogens with zero attached hydrogens (tertiary/aromatic N) is 1. The van der Waals surface area contributed by atoms with Crippen molar-refractivity contribution in [3.05, 3.63) is 70.8 Å². The molecule has 0 spiro atoms. The van der Waals surface area contributed by atoms with Crippen LogP contribution in [0.2, 0.25) is 0 Å². The van der Waals surface area contributed by atoms with E-state index >= 15 is 0 Å². The number of fused-ring (bicyclic) bond motifs is 1. The molecule has 0 aliphatic heterocycles. The average molecular weight is 408 g/mol. The fraction of sp³-hybridized carbons (Fsp3) is 0.348. The maximum atomic E-state index is 12.6. The molecule has 1 aliphatic carbocycles. The number of benzene rings is 2. The number of carbonyl (C=O) groups excluding carboxylic acids is 2. The van der Waals surface area contributed by atoms with Crippen LogP contribution in [0, 0.1) is 5.92 Å². The maximum absolute atomic E-state index is 12.6. The molecule has 30 heavy (non-hydrogen) atoms. The molecule has 2 aromatic carbocycles. The third-order valence-corrected chi connectivity index (χ3v) is 5.60. The van der Waals surface area contributed by atoms with E-state index < -0.39 is 12.1 Å². The molecule has 0 saturated carbocycles. The monoisotopic (exact) mass is 407 g/mol. The maximum Gasteiger partial charge on any atom is 0.242 e. The predicted molar refractivity (Wildman–Crippen MR) is 118 cm³/mol. The number of amidine groups is 1. The minimum absolute atomic E-state index is 0.0512. The highest BCUT2D eigenvalue weighted by molar-refractivity contribution is 5.97. The van der Waals surface area contributed by atoms with E-state index in [0.29, 0.717) is 12.4 Å². The van der Waals surface area contributed by atoms with Gasteiger partial charge >= 0.3 is 0 Å². The second kappa shape index (κ2) is 9.54. The van der Waals surface area contributed by atoms with Gasteiger partial charge in [-0.05, 0) is 42.4 Å². The molecule has 2 atom stereocenters. The Morgan fingerprint density at radius 1 is 1.07 bits per heavy atom. The number of rotatable bonds is 7. The second-order valence-corrected chi connectivity index (χ2v) is 7.72. The summed E-state index contributed by atoms with van der Waals surface area (Å²) in [7, 11) is 1.64. The van der Waals surface area contributed by atoms with E-state index in [-0.39, 0.29) is 17.7 Å². The number of carbonyl (C=O) groups is 2. The summed E-state index contributed by atoms with van der Waals surface area (Å²) in [6, 6.07) is 14.3. The Balaban J connectivity index is 1.47. The lowest BCUT2D eigenvalue weighted by atomic mass is 9.96. The number of nitrogens with one attached hydrogen (secondary N) is 2. The van der Waals surface area contributed by atoms with Gasteiger partial charge in [0.05, 0.1) is 6.04 Å². The van der Waals surface area contributed by atoms with Crippen molar-refractivity contribution >= 4 is 17.6 Å². The van der Waals surface area contributed by atoms with Crippen LogP contribution in [0.25, 0.3) is 0 Å². The van der Waals surface area contributed by atoms with Gasteiger partial charge in [-0.1, -0.05) is 48.5 Å². The van der Waals surface area contributed by atoms with Crippen molar-refractivity contribution in [2.75, 3.05) is 7.05 Å². The molecule has 0 unspecified atom stereocenters. The van der Waals surface area contributed by atoms with Crippen molar-refractivity contribution in [3.8, 4) is 0 Å². The predicted octanol–water partition coefficient (Wildman–Crippen LogP) is 0.885. The lowest BCUT2D eigenvalue weighted by Crippen LogP contribution is -2.52. The minimum atomic E-state index is -0.672. The number of hydrogen-bond acceptors (Lipinski definition) is 4. The van der Waals surface area contributed by atoms with Gasteiger partial charge in [-0.25, -0.2) is 0 Å². The lowest BCUT2D eigenvalue weighted by molar-refractivity contribution is -0.129. The number of nitrogens with two attached hydrogens (primary N) is 2. The average Bonchev–Trinajstić information content (AvgIpc) is 3.20. The van der Waals surface area contributed by atoms with Crippen LogP contribution in [0.4, 0.5) is 0 Å². The fourth-order valence-corrected chi connectivity index (χ4v) is 3.70. The first-order valence-corrected chi connectivity index (χ1v) is 10.1. The molecule has 0 aromatic heterocycles. The first kappa shape index (κ1) is 21.5. The molecule has 0 saturated heterocycles. The Labute approximate surface area is 176 Å². The highest BCUT2D eigenvalue weighted by atomic mass is 16.2. The largest absolute Gasteiger partial charge is 0.384 e. The number of hydrogen-bond donors (Lipinski definition) is 4. The summed E-state index contributed by atoms with van der Waals surface area (Å²) >= 11 is 0. The van der Waals surface area contributed by atoms with E-state index in [0.717, 1.165) is 24.0 Å². The van der Waals surface area contributed by atoms with Crippen molar-refractivity contribution < 1.29 is 9.59 Å². The summed E-state index contributed by atoms with van der Waals surface area (Å²) in [5, 5.41) is 5.58. The molecular formula is C23H29N5O2. The van der Waals surface area contributed by atoms with Crippen LogP contribution in [0.3, 0.4) is 0 Å². The van der Waals surface area contributed by atoms with E-state index in [1.807, 2.05) is 36.4 Å². The molecule has 0 bridgehead atoms. The van der Waals surface area contributed by atoms with Gasteiger partial charge in [0.1, 0.15) is 11.9 Å².